The number of ether oxygens (including phenoxy) is 2. The first-order valence-electron chi connectivity index (χ1n) is 9.84. The molecule has 142 valence electrons. The molecular weight excluding hydrogens is 340 g/mol. The van der Waals surface area contributed by atoms with E-state index in [2.05, 4.69) is 37.3 Å². The Morgan fingerprint density at radius 1 is 1.07 bits per heavy atom. The van der Waals surface area contributed by atoms with Crippen LogP contribution in [0, 0.1) is 12.8 Å². The third-order valence-electron chi connectivity index (χ3n) is 5.84. The van der Waals surface area contributed by atoms with E-state index in [1.54, 1.807) is 0 Å². The number of hydrogen-bond acceptors (Lipinski definition) is 3. The molecule has 2 aromatic carbocycles. The van der Waals surface area contributed by atoms with Gasteiger partial charge in [0, 0.05) is 0 Å². The quantitative estimate of drug-likeness (QED) is 0.819. The molecule has 1 heterocycles. The molecular formula is C23H26O4. The Hall–Kier alpha value is -2.49. The van der Waals surface area contributed by atoms with Crippen LogP contribution in [0.5, 0.6) is 11.5 Å². The highest BCUT2D eigenvalue weighted by Gasteiger charge is 2.27. The molecule has 1 unspecified atom stereocenters. The van der Waals surface area contributed by atoms with Gasteiger partial charge in [-0.05, 0) is 80.3 Å². The van der Waals surface area contributed by atoms with Crippen molar-refractivity contribution >= 4 is 5.97 Å². The van der Waals surface area contributed by atoms with Crippen molar-refractivity contribution in [1.82, 2.24) is 0 Å². The van der Waals surface area contributed by atoms with Gasteiger partial charge in [-0.3, -0.25) is 4.79 Å². The molecule has 1 saturated carbocycles. The summed E-state index contributed by atoms with van der Waals surface area (Å²) in [5.41, 5.74) is 3.72. The first kappa shape index (κ1) is 17.9. The summed E-state index contributed by atoms with van der Waals surface area (Å²) in [7, 11) is 0. The van der Waals surface area contributed by atoms with Crippen LogP contribution in [0.25, 0.3) is 0 Å². The van der Waals surface area contributed by atoms with E-state index in [0.29, 0.717) is 12.8 Å². The van der Waals surface area contributed by atoms with Crippen molar-refractivity contribution in [1.29, 1.82) is 0 Å². The maximum atomic E-state index is 11.1. The van der Waals surface area contributed by atoms with Crippen molar-refractivity contribution in [3.63, 3.8) is 0 Å². The molecule has 1 aliphatic carbocycles. The molecule has 4 heteroatoms. The van der Waals surface area contributed by atoms with Crippen LogP contribution in [0.15, 0.2) is 42.5 Å². The third kappa shape index (κ3) is 3.95. The lowest BCUT2D eigenvalue weighted by Crippen LogP contribution is -2.27. The summed E-state index contributed by atoms with van der Waals surface area (Å²) < 4.78 is 12.4. The van der Waals surface area contributed by atoms with Crippen LogP contribution < -0.4 is 9.47 Å². The summed E-state index contributed by atoms with van der Waals surface area (Å²) in [6.45, 7) is 2.13. The third-order valence-corrected chi connectivity index (χ3v) is 5.84. The smallest absolute Gasteiger partial charge is 0.306 e. The van der Waals surface area contributed by atoms with Gasteiger partial charge in [0.15, 0.2) is 0 Å². The molecule has 2 aromatic rings. The van der Waals surface area contributed by atoms with E-state index in [1.165, 1.54) is 16.7 Å². The molecule has 1 aliphatic heterocycles. The second-order valence-electron chi connectivity index (χ2n) is 7.70. The number of carboxylic acid groups (broad SMARTS) is 1. The van der Waals surface area contributed by atoms with Crippen molar-refractivity contribution in [2.45, 2.75) is 57.7 Å². The lowest BCUT2D eigenvalue weighted by Gasteiger charge is -2.29. The number of aliphatic carboxylic acids is 1. The van der Waals surface area contributed by atoms with Crippen molar-refractivity contribution < 1.29 is 19.4 Å². The number of aryl methyl sites for hydroxylation is 2. The maximum Gasteiger partial charge on any atom is 0.306 e. The molecule has 4 nitrogen and oxygen atoms in total. The first-order valence-corrected chi connectivity index (χ1v) is 9.84. The molecule has 27 heavy (non-hydrogen) atoms. The van der Waals surface area contributed by atoms with E-state index < -0.39 is 5.97 Å². The minimum Gasteiger partial charge on any atom is -0.490 e. The fourth-order valence-corrected chi connectivity index (χ4v) is 4.23. The van der Waals surface area contributed by atoms with Gasteiger partial charge in [-0.25, -0.2) is 0 Å². The summed E-state index contributed by atoms with van der Waals surface area (Å²) in [5, 5.41) is 9.11. The van der Waals surface area contributed by atoms with Gasteiger partial charge < -0.3 is 14.6 Å². The lowest BCUT2D eigenvalue weighted by atomic mass is 9.87. The molecule has 1 fully saturated rings. The minimum absolute atomic E-state index is 0.108. The molecule has 0 radical (unpaired) electrons. The molecule has 0 amide bonds. The van der Waals surface area contributed by atoms with E-state index in [9.17, 15) is 4.79 Å². The number of hydrogen-bond donors (Lipinski definition) is 1. The van der Waals surface area contributed by atoms with Crippen molar-refractivity contribution in [2.24, 2.45) is 5.92 Å². The van der Waals surface area contributed by atoms with Crippen molar-refractivity contribution in [3.05, 3.63) is 59.2 Å². The van der Waals surface area contributed by atoms with Crippen LogP contribution in [0.4, 0.5) is 0 Å². The zero-order valence-corrected chi connectivity index (χ0v) is 15.7. The fourth-order valence-electron chi connectivity index (χ4n) is 4.23. The molecule has 1 N–H and O–H groups in total. The molecule has 0 spiro atoms. The second kappa shape index (κ2) is 7.63. The van der Waals surface area contributed by atoms with Gasteiger partial charge in [0.1, 0.15) is 17.6 Å². The minimum atomic E-state index is -0.678. The van der Waals surface area contributed by atoms with Crippen LogP contribution in [-0.2, 0) is 11.2 Å². The average molecular weight is 366 g/mol. The topological polar surface area (TPSA) is 55.8 Å². The normalized spacial score (nSPS) is 24.6. The molecule has 0 saturated heterocycles. The summed E-state index contributed by atoms with van der Waals surface area (Å²) >= 11 is 0. The molecule has 0 bridgehead atoms. The summed E-state index contributed by atoms with van der Waals surface area (Å²) in [4.78, 5) is 11.1. The standard InChI is InChI=1S/C23H26O4/c1-15-4-2-3-5-20(15)22-12-8-17-14-19(11-13-21(17)27-22)26-18-9-6-16(7-10-18)23(24)25/h2-5,11,13-14,16,18,22H,6-10,12H2,1H3,(H,24,25)/t16-,18-,22?. The average Bonchev–Trinajstić information content (AvgIpc) is 2.68. The van der Waals surface area contributed by atoms with Gasteiger partial charge in [-0.2, -0.15) is 0 Å². The largest absolute Gasteiger partial charge is 0.490 e. The van der Waals surface area contributed by atoms with E-state index in [-0.39, 0.29) is 18.1 Å². The number of carboxylic acids is 1. The van der Waals surface area contributed by atoms with Crippen LogP contribution in [0.2, 0.25) is 0 Å². The van der Waals surface area contributed by atoms with Gasteiger partial charge >= 0.3 is 5.97 Å². The number of carbonyl (C=O) groups is 1. The molecule has 2 aliphatic rings. The highest BCUT2D eigenvalue weighted by atomic mass is 16.5. The first-order chi connectivity index (χ1) is 13.1. The van der Waals surface area contributed by atoms with Gasteiger partial charge in [0.25, 0.3) is 0 Å². The van der Waals surface area contributed by atoms with Crippen LogP contribution in [0.3, 0.4) is 0 Å². The second-order valence-corrected chi connectivity index (χ2v) is 7.70. The number of fused-ring (bicyclic) bond motifs is 1. The Bertz CT molecular complexity index is 821. The molecule has 1 atom stereocenters. The van der Waals surface area contributed by atoms with Crippen LogP contribution in [-0.4, -0.2) is 17.2 Å². The van der Waals surface area contributed by atoms with Gasteiger partial charge in [0.2, 0.25) is 0 Å². The fraction of sp³-hybridized carbons (Fsp3) is 0.435. The van der Waals surface area contributed by atoms with Crippen molar-refractivity contribution in [3.8, 4) is 11.5 Å². The number of benzene rings is 2. The SMILES string of the molecule is Cc1ccccc1C1CCc2cc(O[C@H]3CC[C@H](C(=O)O)CC3)ccc2O1. The summed E-state index contributed by atoms with van der Waals surface area (Å²) in [5.74, 6) is 0.921. The Balaban J connectivity index is 1.41. The Kier molecular flexibility index (Phi) is 5.06. The monoisotopic (exact) mass is 366 g/mol. The highest BCUT2D eigenvalue weighted by Crippen LogP contribution is 2.38. The van der Waals surface area contributed by atoms with Crippen molar-refractivity contribution in [2.75, 3.05) is 0 Å². The summed E-state index contributed by atoms with van der Waals surface area (Å²) in [6.07, 6.45) is 5.17. The van der Waals surface area contributed by atoms with Gasteiger partial charge in [-0.1, -0.05) is 24.3 Å². The van der Waals surface area contributed by atoms with E-state index >= 15 is 0 Å². The zero-order chi connectivity index (χ0) is 18.8. The van der Waals surface area contributed by atoms with Crippen LogP contribution >= 0.6 is 0 Å². The van der Waals surface area contributed by atoms with E-state index in [0.717, 1.165) is 37.2 Å². The number of rotatable bonds is 4. The Morgan fingerprint density at radius 2 is 1.85 bits per heavy atom. The predicted molar refractivity (Wildman–Crippen MR) is 103 cm³/mol. The van der Waals surface area contributed by atoms with E-state index in [4.69, 9.17) is 14.6 Å². The predicted octanol–water partition coefficient (Wildman–Crippen LogP) is 5.08. The van der Waals surface area contributed by atoms with Gasteiger partial charge in [0.05, 0.1) is 12.0 Å². The molecule has 0 aromatic heterocycles. The van der Waals surface area contributed by atoms with Gasteiger partial charge in [-0.15, -0.1) is 0 Å². The highest BCUT2D eigenvalue weighted by molar-refractivity contribution is 5.70. The Morgan fingerprint density at radius 3 is 2.59 bits per heavy atom. The van der Waals surface area contributed by atoms with Crippen LogP contribution in [0.1, 0.15) is 54.9 Å². The molecule has 4 rings (SSSR count). The summed E-state index contributed by atoms with van der Waals surface area (Å²) in [6, 6.07) is 14.5. The maximum absolute atomic E-state index is 11.1. The van der Waals surface area contributed by atoms with E-state index in [1.807, 2.05) is 12.1 Å². The zero-order valence-electron chi connectivity index (χ0n) is 15.7. The Labute approximate surface area is 160 Å². The lowest BCUT2D eigenvalue weighted by molar-refractivity contribution is -0.143.